The van der Waals surface area contributed by atoms with Gasteiger partial charge in [0, 0.05) is 24.5 Å². The summed E-state index contributed by atoms with van der Waals surface area (Å²) in [5.41, 5.74) is 0.0634. The van der Waals surface area contributed by atoms with E-state index in [2.05, 4.69) is 10.3 Å². The van der Waals surface area contributed by atoms with Gasteiger partial charge in [0.05, 0.1) is 5.56 Å². The molecule has 2 aromatic rings. The molecule has 1 aromatic heterocycles. The summed E-state index contributed by atoms with van der Waals surface area (Å²) >= 11 is 0. The van der Waals surface area contributed by atoms with Gasteiger partial charge in [-0.2, -0.15) is 17.5 Å². The van der Waals surface area contributed by atoms with Gasteiger partial charge in [-0.15, -0.1) is 0 Å². The fourth-order valence-corrected chi connectivity index (χ4v) is 5.44. The number of alkyl halides is 3. The maximum Gasteiger partial charge on any atom is 0.416 e. The van der Waals surface area contributed by atoms with E-state index in [1.54, 1.807) is 13.8 Å². The van der Waals surface area contributed by atoms with Crippen LogP contribution in [0.5, 0.6) is 0 Å². The minimum atomic E-state index is -4.46. The molecule has 29 heavy (non-hydrogen) atoms. The second kappa shape index (κ2) is 7.83. The van der Waals surface area contributed by atoms with Crippen LogP contribution in [0.3, 0.4) is 0 Å². The van der Waals surface area contributed by atoms with Gasteiger partial charge in [0.25, 0.3) is 5.91 Å². The number of carbonyl (C=O) groups excluding carboxylic acids is 1. The van der Waals surface area contributed by atoms with Crippen LogP contribution in [-0.2, 0) is 16.2 Å². The number of nitrogens with zero attached hydrogens (tertiary/aromatic N) is 1. The van der Waals surface area contributed by atoms with Crippen molar-refractivity contribution >= 4 is 21.6 Å². The fourth-order valence-electron chi connectivity index (χ4n) is 3.52. The monoisotopic (exact) mass is 429 g/mol. The zero-order valence-electron chi connectivity index (χ0n) is 16.1. The Bertz CT molecular complexity index is 1010. The van der Waals surface area contributed by atoms with Crippen molar-refractivity contribution in [1.29, 1.82) is 0 Å². The van der Waals surface area contributed by atoms with Crippen LogP contribution in [0.4, 0.5) is 18.9 Å². The average molecular weight is 429 g/mol. The molecule has 2 heterocycles. The van der Waals surface area contributed by atoms with Crippen LogP contribution in [0.2, 0.25) is 0 Å². The fraction of sp³-hybridized carbons (Fsp3) is 0.421. The lowest BCUT2D eigenvalue weighted by Gasteiger charge is -2.26. The van der Waals surface area contributed by atoms with Gasteiger partial charge in [0.1, 0.15) is 10.6 Å². The molecule has 1 aliphatic heterocycles. The first-order valence-electron chi connectivity index (χ1n) is 9.19. The maximum absolute atomic E-state index is 13.0. The molecule has 1 aliphatic rings. The van der Waals surface area contributed by atoms with Gasteiger partial charge in [-0.1, -0.05) is 6.42 Å². The normalized spacial score (nSPS) is 16.0. The number of benzene rings is 1. The standard InChI is InChI=1S/C19H22F3N3O3S/c1-12-16(18(26)24-15-8-6-14(7-9-15)19(20,21)22)23-13(2)17(12)29(27,28)25-10-4-3-5-11-25/h6-9,23H,3-5,10-11H2,1-2H3,(H,24,26). The van der Waals surface area contributed by atoms with Gasteiger partial charge >= 0.3 is 6.18 Å². The highest BCUT2D eigenvalue weighted by molar-refractivity contribution is 7.89. The van der Waals surface area contributed by atoms with E-state index in [4.69, 9.17) is 0 Å². The van der Waals surface area contributed by atoms with Crippen molar-refractivity contribution in [3.63, 3.8) is 0 Å². The second-order valence-corrected chi connectivity index (χ2v) is 8.95. The Labute approximate surface area is 167 Å². The van der Waals surface area contributed by atoms with Gasteiger partial charge in [-0.3, -0.25) is 4.79 Å². The number of halogens is 3. The maximum atomic E-state index is 13.0. The predicted octanol–water partition coefficient (Wildman–Crippen LogP) is 4.08. The quantitative estimate of drug-likeness (QED) is 0.769. The van der Waals surface area contributed by atoms with Gasteiger partial charge in [-0.25, -0.2) is 8.42 Å². The Kier molecular flexibility index (Phi) is 5.77. The smallest absolute Gasteiger partial charge is 0.353 e. The highest BCUT2D eigenvalue weighted by atomic mass is 32.2. The van der Waals surface area contributed by atoms with E-state index in [0.717, 1.165) is 43.5 Å². The Balaban J connectivity index is 1.85. The molecule has 0 saturated carbocycles. The Morgan fingerprint density at radius 2 is 1.66 bits per heavy atom. The van der Waals surface area contributed by atoms with Crippen LogP contribution in [-0.4, -0.2) is 36.7 Å². The molecule has 0 aliphatic carbocycles. The van der Waals surface area contributed by atoms with E-state index in [1.165, 1.54) is 4.31 Å². The van der Waals surface area contributed by atoms with Crippen LogP contribution in [0.25, 0.3) is 0 Å². The number of hydrogen-bond donors (Lipinski definition) is 2. The number of nitrogens with one attached hydrogen (secondary N) is 2. The summed E-state index contributed by atoms with van der Waals surface area (Å²) in [5, 5.41) is 2.50. The topological polar surface area (TPSA) is 82.3 Å². The van der Waals surface area contributed by atoms with Gasteiger partial charge in [-0.05, 0) is 56.5 Å². The first-order valence-corrected chi connectivity index (χ1v) is 10.6. The van der Waals surface area contributed by atoms with Crippen LogP contribution >= 0.6 is 0 Å². The van der Waals surface area contributed by atoms with Crippen LogP contribution in [0, 0.1) is 13.8 Å². The minimum Gasteiger partial charge on any atom is -0.353 e. The third-order valence-corrected chi connectivity index (χ3v) is 7.15. The average Bonchev–Trinajstić information content (AvgIpc) is 2.97. The van der Waals surface area contributed by atoms with Crippen molar-refractivity contribution < 1.29 is 26.4 Å². The summed E-state index contributed by atoms with van der Waals surface area (Å²) in [7, 11) is -3.73. The molecular weight excluding hydrogens is 407 g/mol. The first-order chi connectivity index (χ1) is 13.5. The highest BCUT2D eigenvalue weighted by Gasteiger charge is 2.33. The van der Waals surface area contributed by atoms with Crippen molar-refractivity contribution in [3.8, 4) is 0 Å². The number of piperidine rings is 1. The lowest BCUT2D eigenvalue weighted by atomic mass is 10.2. The lowest BCUT2D eigenvalue weighted by Crippen LogP contribution is -2.36. The van der Waals surface area contributed by atoms with Crippen LogP contribution < -0.4 is 5.32 Å². The number of amides is 1. The molecular formula is C19H22F3N3O3S. The molecule has 0 unspecified atom stereocenters. The summed E-state index contributed by atoms with van der Waals surface area (Å²) in [6, 6.07) is 4.04. The summed E-state index contributed by atoms with van der Waals surface area (Å²) in [6.45, 7) is 4.01. The van der Waals surface area contributed by atoms with E-state index in [1.807, 2.05) is 0 Å². The SMILES string of the molecule is Cc1[nH]c(C(=O)Nc2ccc(C(F)(F)F)cc2)c(C)c1S(=O)(=O)N1CCCCC1. The lowest BCUT2D eigenvalue weighted by molar-refractivity contribution is -0.137. The summed E-state index contributed by atoms with van der Waals surface area (Å²) in [5.74, 6) is -0.620. The Hall–Kier alpha value is -2.33. The van der Waals surface area contributed by atoms with Gasteiger partial charge < -0.3 is 10.3 Å². The summed E-state index contributed by atoms with van der Waals surface area (Å²) in [6.07, 6.45) is -1.89. The highest BCUT2D eigenvalue weighted by Crippen LogP contribution is 2.31. The number of carbonyl (C=O) groups is 1. The van der Waals surface area contributed by atoms with Crippen molar-refractivity contribution in [3.05, 3.63) is 46.8 Å². The molecule has 158 valence electrons. The molecule has 0 radical (unpaired) electrons. The number of sulfonamides is 1. The first kappa shape index (κ1) is 21.4. The van der Waals surface area contributed by atoms with Crippen LogP contribution in [0.1, 0.15) is 46.6 Å². The summed E-state index contributed by atoms with van der Waals surface area (Å²) in [4.78, 5) is 15.5. The van der Waals surface area contributed by atoms with Gasteiger partial charge in [0.15, 0.2) is 0 Å². The van der Waals surface area contributed by atoms with Crippen molar-refractivity contribution in [2.75, 3.05) is 18.4 Å². The number of hydrogen-bond acceptors (Lipinski definition) is 3. The van der Waals surface area contributed by atoms with E-state index in [-0.39, 0.29) is 21.8 Å². The van der Waals surface area contributed by atoms with E-state index < -0.39 is 27.7 Å². The van der Waals surface area contributed by atoms with Gasteiger partial charge in [0.2, 0.25) is 10.0 Å². The molecule has 3 rings (SSSR count). The molecule has 0 bridgehead atoms. The third kappa shape index (κ3) is 4.32. The third-order valence-electron chi connectivity index (χ3n) is 4.98. The molecule has 0 spiro atoms. The Morgan fingerprint density at radius 1 is 1.07 bits per heavy atom. The van der Waals surface area contributed by atoms with Crippen LogP contribution in [0.15, 0.2) is 29.2 Å². The van der Waals surface area contributed by atoms with E-state index >= 15 is 0 Å². The number of rotatable bonds is 4. The molecule has 1 fully saturated rings. The number of H-pyrrole nitrogens is 1. The molecule has 10 heteroatoms. The molecule has 1 saturated heterocycles. The number of anilines is 1. The predicted molar refractivity (Wildman–Crippen MR) is 102 cm³/mol. The minimum absolute atomic E-state index is 0.0676. The van der Waals surface area contributed by atoms with Crippen molar-refractivity contribution in [2.45, 2.75) is 44.2 Å². The van der Waals surface area contributed by atoms with Crippen molar-refractivity contribution in [2.24, 2.45) is 0 Å². The molecule has 1 aromatic carbocycles. The second-order valence-electron chi connectivity index (χ2n) is 7.07. The number of aromatic amines is 1. The molecule has 6 nitrogen and oxygen atoms in total. The number of aryl methyl sites for hydroxylation is 1. The molecule has 2 N–H and O–H groups in total. The zero-order valence-corrected chi connectivity index (χ0v) is 16.9. The molecule has 1 amide bonds. The summed E-state index contributed by atoms with van der Waals surface area (Å²) < 4.78 is 65.4. The van der Waals surface area contributed by atoms with E-state index in [9.17, 15) is 26.4 Å². The largest absolute Gasteiger partial charge is 0.416 e. The van der Waals surface area contributed by atoms with E-state index in [0.29, 0.717) is 18.8 Å². The number of aromatic nitrogens is 1. The van der Waals surface area contributed by atoms with Crippen molar-refractivity contribution in [1.82, 2.24) is 9.29 Å². The molecule has 0 atom stereocenters. The zero-order chi connectivity index (χ0) is 21.4. The Morgan fingerprint density at radius 3 is 2.21 bits per heavy atom.